The molecule has 4 heterocycles. The second-order valence-corrected chi connectivity index (χ2v) is 29.8. The summed E-state index contributed by atoms with van der Waals surface area (Å²) < 4.78 is 46.1. The van der Waals surface area contributed by atoms with Crippen molar-refractivity contribution in [3.63, 3.8) is 0 Å². The molecule has 2 aromatic carbocycles. The van der Waals surface area contributed by atoms with Gasteiger partial charge in [0.1, 0.15) is 47.9 Å². The van der Waals surface area contributed by atoms with Crippen LogP contribution in [0.15, 0.2) is 97.8 Å². The number of imidazole rings is 2. The summed E-state index contributed by atoms with van der Waals surface area (Å²) in [6.45, 7) is 21.0. The smallest absolute Gasteiger partial charge is 0.406 e. The van der Waals surface area contributed by atoms with Crippen molar-refractivity contribution in [2.24, 2.45) is 0 Å². The first kappa shape index (κ1) is 51.7. The lowest BCUT2D eigenvalue weighted by molar-refractivity contribution is -0.390. The molecule has 3 N–H and O–H groups in total. The molecule has 348 valence electrons. The van der Waals surface area contributed by atoms with E-state index in [1.165, 1.54) is 67.1 Å². The maximum atomic E-state index is 14.3. The summed E-state index contributed by atoms with van der Waals surface area (Å²) in [7, 11) is -3.58. The van der Waals surface area contributed by atoms with Crippen molar-refractivity contribution in [3.05, 3.63) is 141 Å². The van der Waals surface area contributed by atoms with Crippen molar-refractivity contribution >= 4 is 38.4 Å². The second kappa shape index (κ2) is 21.8. The van der Waals surface area contributed by atoms with E-state index in [-0.39, 0.29) is 23.1 Å². The molecule has 0 saturated heterocycles. The van der Waals surface area contributed by atoms with Crippen molar-refractivity contribution in [1.82, 2.24) is 29.9 Å². The number of nitrogens with zero attached hydrogens (tertiary/aromatic N) is 6. The van der Waals surface area contributed by atoms with Crippen LogP contribution in [0, 0.1) is 31.9 Å². The van der Waals surface area contributed by atoms with E-state index in [0.717, 1.165) is 0 Å². The summed E-state index contributed by atoms with van der Waals surface area (Å²) in [5.74, 6) is -1.06. The minimum atomic E-state index is -2.20. The Kier molecular flexibility index (Phi) is 17.4. The van der Waals surface area contributed by atoms with Crippen LogP contribution >= 0.6 is 11.1 Å². The van der Waals surface area contributed by atoms with E-state index in [0.29, 0.717) is 38.9 Å². The zero-order valence-corrected chi connectivity index (χ0v) is 40.7. The largest absolute Gasteiger partial charge is 0.475 e. The topological polar surface area (TPSA) is 217 Å². The highest BCUT2D eigenvalue weighted by Gasteiger charge is 2.39. The number of aromatic nitrogens is 6. The van der Waals surface area contributed by atoms with E-state index >= 15 is 0 Å². The summed E-state index contributed by atoms with van der Waals surface area (Å²) >= 11 is 6.15. The first-order chi connectivity index (χ1) is 30.3. The fourth-order valence-electron chi connectivity index (χ4n) is 5.27. The molecular weight excluding hydrogens is 898 g/mol. The van der Waals surface area contributed by atoms with Crippen LogP contribution in [0.1, 0.15) is 64.9 Å². The highest BCUT2D eigenvalue weighted by Crippen LogP contribution is 2.40. The van der Waals surface area contributed by atoms with Gasteiger partial charge in [0.15, 0.2) is 15.7 Å². The Morgan fingerprint density at radius 3 is 1.46 bits per heavy atom. The Labute approximate surface area is 383 Å². The monoisotopic (exact) mass is 952 g/mol. The number of H-pyrrole nitrogens is 2. The minimum absolute atomic E-state index is 0.0176. The van der Waals surface area contributed by atoms with Crippen molar-refractivity contribution in [2.75, 3.05) is 13.2 Å². The Bertz CT molecular complexity index is 2490. The number of ether oxygens (including phenoxy) is 2. The third kappa shape index (κ3) is 14.0. The molecular formula is C44H55ClF2N8O8Si2. The first-order valence-electron chi connectivity index (χ1n) is 20.4. The quantitative estimate of drug-likeness (QED) is 0.0402. The third-order valence-electron chi connectivity index (χ3n) is 11.0. The van der Waals surface area contributed by atoms with Gasteiger partial charge in [0.05, 0.1) is 13.2 Å². The van der Waals surface area contributed by atoms with E-state index < -0.39 is 67.6 Å². The molecule has 4 aromatic heterocycles. The molecule has 0 fully saturated rings. The molecule has 21 heteroatoms. The zero-order valence-electron chi connectivity index (χ0n) is 37.9. The summed E-state index contributed by atoms with van der Waals surface area (Å²) in [6.07, 6.45) is 7.10. The number of aromatic amines is 2. The number of aliphatic hydroxyl groups is 1. The lowest BCUT2D eigenvalue weighted by Gasteiger charge is -2.37. The van der Waals surface area contributed by atoms with Crippen molar-refractivity contribution in [3.8, 4) is 34.3 Å². The lowest BCUT2D eigenvalue weighted by atomic mass is 10.0. The van der Waals surface area contributed by atoms with Gasteiger partial charge >= 0.3 is 11.6 Å². The van der Waals surface area contributed by atoms with Crippen molar-refractivity contribution in [2.45, 2.75) is 90.0 Å². The Balaban J connectivity index is 0.000000249. The number of aliphatic hydroxyl groups excluding tert-OH is 1. The molecule has 0 aliphatic heterocycles. The highest BCUT2D eigenvalue weighted by molar-refractivity contribution is 7.20. The van der Waals surface area contributed by atoms with E-state index in [4.69, 9.17) is 25.0 Å². The first-order valence-corrected chi connectivity index (χ1v) is 27.3. The number of pyridine rings is 2. The molecule has 16 nitrogen and oxygen atoms in total. The lowest BCUT2D eigenvalue weighted by Crippen LogP contribution is -2.42. The van der Waals surface area contributed by atoms with Gasteiger partial charge in [-0.3, -0.25) is 0 Å². The maximum absolute atomic E-state index is 14.3. The fourth-order valence-corrected chi connectivity index (χ4v) is 6.27. The third-order valence-corrected chi connectivity index (χ3v) is 20.7. The SMILES string of the molecule is CC(C)(C)[Si](C)(C)Cl.CC(C)(C)[Si](C)(C)OCC(Oc1cccnc1[N+](=O)[O-])c1cc(F)ccc1-c1ncc[nH]1.O=[N+]([O-])c1ncccc1OC(CO)c1cc(F)ccc1-c1ncc[nH]1. The highest BCUT2D eigenvalue weighted by atomic mass is 35.6. The van der Waals surface area contributed by atoms with Gasteiger partial charge in [-0.2, -0.15) is 11.1 Å². The van der Waals surface area contributed by atoms with Crippen LogP contribution in [0.3, 0.4) is 0 Å². The average molecular weight is 954 g/mol. The molecule has 0 aliphatic rings. The van der Waals surface area contributed by atoms with Crippen LogP contribution in [0.4, 0.5) is 20.4 Å². The Hall–Kier alpha value is -5.94. The number of hydrogen-bond acceptors (Lipinski definition) is 12. The standard InChI is InChI=1S/C22H27FN4O4Si.C16H13FN4O4.C6H15ClSi/c1-22(2,3)32(4,5)30-14-19(31-18-7-6-10-26-21(18)27(28)29)17-13-15(23)8-9-16(17)20-24-11-12-25-20;17-10-3-4-11(15-18-6-7-19-15)12(8-10)14(9-22)25-13-2-1-5-20-16(13)21(23)24;1-6(2,3)8(4,5)7/h6-13,19H,14H2,1-5H3,(H,24,25);1-8,14,22H,9H2,(H,18,19);1-5H3. The van der Waals surface area contributed by atoms with E-state index in [1.54, 1.807) is 30.7 Å². The van der Waals surface area contributed by atoms with Gasteiger partial charge in [-0.15, -0.1) is 0 Å². The van der Waals surface area contributed by atoms with Gasteiger partial charge in [-0.1, -0.05) is 54.6 Å². The van der Waals surface area contributed by atoms with Crippen LogP contribution in [-0.2, 0) is 4.43 Å². The summed E-state index contributed by atoms with van der Waals surface area (Å²) in [6, 6.07) is 14.1. The number of rotatable bonds is 14. The predicted octanol–water partition coefficient (Wildman–Crippen LogP) is 11.5. The second-order valence-electron chi connectivity index (χ2n) is 17.7. The van der Waals surface area contributed by atoms with Crippen LogP contribution in [0.25, 0.3) is 22.8 Å². The van der Waals surface area contributed by atoms with Crippen LogP contribution < -0.4 is 9.47 Å². The van der Waals surface area contributed by atoms with Crippen LogP contribution in [-0.4, -0.2) is 73.8 Å². The van der Waals surface area contributed by atoms with Gasteiger partial charge in [-0.05, 0) is 104 Å². The van der Waals surface area contributed by atoms with Crippen molar-refractivity contribution < 1.29 is 37.6 Å². The maximum Gasteiger partial charge on any atom is 0.406 e. The van der Waals surface area contributed by atoms with E-state index in [9.17, 15) is 34.1 Å². The molecule has 0 bridgehead atoms. The minimum Gasteiger partial charge on any atom is -0.475 e. The number of halogens is 3. The fraction of sp³-hybridized carbons (Fsp3) is 0.364. The molecule has 0 radical (unpaired) electrons. The summed E-state index contributed by atoms with van der Waals surface area (Å²) in [5.41, 5.74) is 1.90. The normalized spacial score (nSPS) is 12.8. The number of nitrogens with one attached hydrogen (secondary N) is 2. The number of benzene rings is 2. The molecule has 0 aliphatic carbocycles. The van der Waals surface area contributed by atoms with Crippen LogP contribution in [0.5, 0.6) is 11.5 Å². The molecule has 6 aromatic rings. The van der Waals surface area contributed by atoms with Gasteiger partial charge in [0.2, 0.25) is 11.5 Å². The Morgan fingerprint density at radius 1 is 0.692 bits per heavy atom. The molecule has 65 heavy (non-hydrogen) atoms. The van der Waals surface area contributed by atoms with Gasteiger partial charge in [0.25, 0.3) is 0 Å². The van der Waals surface area contributed by atoms with Gasteiger partial charge in [-0.25, -0.2) is 18.7 Å². The number of hydrogen-bond donors (Lipinski definition) is 3. The molecule has 0 spiro atoms. The van der Waals surface area contributed by atoms with Gasteiger partial charge in [0, 0.05) is 47.0 Å². The molecule has 2 unspecified atom stereocenters. The summed E-state index contributed by atoms with van der Waals surface area (Å²) in [4.78, 5) is 43.0. The van der Waals surface area contributed by atoms with E-state index in [2.05, 4.69) is 97.6 Å². The average Bonchev–Trinajstić information content (AvgIpc) is 3.97. The van der Waals surface area contributed by atoms with Gasteiger partial charge < -0.3 is 49.2 Å². The zero-order chi connectivity index (χ0) is 48.3. The number of nitro groups is 2. The molecule has 0 amide bonds. The molecule has 6 rings (SSSR count). The van der Waals surface area contributed by atoms with Crippen molar-refractivity contribution in [1.29, 1.82) is 0 Å². The predicted molar refractivity (Wildman–Crippen MR) is 250 cm³/mol. The van der Waals surface area contributed by atoms with E-state index in [1.807, 2.05) is 0 Å². The molecule has 2 atom stereocenters. The van der Waals surface area contributed by atoms with Crippen LogP contribution in [0.2, 0.25) is 36.3 Å². The summed E-state index contributed by atoms with van der Waals surface area (Å²) in [5, 5.41) is 32.5. The Morgan fingerprint density at radius 2 is 1.11 bits per heavy atom. The molecule has 0 saturated carbocycles.